The Labute approximate surface area is 94.9 Å². The molecule has 0 unspecified atom stereocenters. The Balaban J connectivity index is 1.97. The summed E-state index contributed by atoms with van der Waals surface area (Å²) >= 11 is 0. The van der Waals surface area contributed by atoms with Crippen LogP contribution in [0.1, 0.15) is 24.3 Å². The summed E-state index contributed by atoms with van der Waals surface area (Å²) in [6, 6.07) is 8.63. The van der Waals surface area contributed by atoms with Crippen LogP contribution >= 0.6 is 0 Å². The number of aromatic nitrogens is 2. The molecular weight excluding hydrogens is 198 g/mol. The molecule has 1 aromatic heterocycles. The molecular formula is C13H15N3. The van der Waals surface area contributed by atoms with E-state index in [9.17, 15) is 0 Å². The lowest BCUT2D eigenvalue weighted by atomic mass is 10.1. The highest BCUT2D eigenvalue weighted by molar-refractivity contribution is 5.70. The van der Waals surface area contributed by atoms with Crippen LogP contribution < -0.4 is 5.73 Å². The van der Waals surface area contributed by atoms with Gasteiger partial charge in [0.2, 0.25) is 0 Å². The van der Waals surface area contributed by atoms with Crippen molar-refractivity contribution in [3.63, 3.8) is 0 Å². The van der Waals surface area contributed by atoms with Crippen LogP contribution in [-0.4, -0.2) is 9.55 Å². The van der Waals surface area contributed by atoms with Crippen molar-refractivity contribution in [1.29, 1.82) is 0 Å². The molecule has 1 fully saturated rings. The van der Waals surface area contributed by atoms with Gasteiger partial charge in [-0.1, -0.05) is 24.3 Å². The fourth-order valence-corrected chi connectivity index (χ4v) is 1.99. The number of nitrogens with zero attached hydrogens (tertiary/aromatic N) is 2. The van der Waals surface area contributed by atoms with Crippen molar-refractivity contribution in [1.82, 2.24) is 9.55 Å². The molecule has 1 saturated carbocycles. The Bertz CT molecular complexity index is 506. The first-order chi connectivity index (χ1) is 7.75. The first-order valence-electron chi connectivity index (χ1n) is 5.63. The number of anilines is 1. The zero-order valence-corrected chi connectivity index (χ0v) is 9.35. The van der Waals surface area contributed by atoms with Gasteiger partial charge in [-0.15, -0.1) is 0 Å². The van der Waals surface area contributed by atoms with E-state index in [2.05, 4.69) is 29.2 Å². The van der Waals surface area contributed by atoms with E-state index < -0.39 is 0 Å². The average Bonchev–Trinajstić information content (AvgIpc) is 3.09. The smallest absolute Gasteiger partial charge is 0.131 e. The fourth-order valence-electron chi connectivity index (χ4n) is 1.99. The number of hydrogen-bond donors (Lipinski definition) is 1. The Morgan fingerprint density at radius 1 is 1.25 bits per heavy atom. The highest BCUT2D eigenvalue weighted by Gasteiger charge is 2.23. The molecule has 3 heteroatoms. The van der Waals surface area contributed by atoms with Crippen molar-refractivity contribution in [3.05, 3.63) is 36.2 Å². The van der Waals surface area contributed by atoms with Gasteiger partial charge in [-0.25, -0.2) is 4.98 Å². The van der Waals surface area contributed by atoms with Gasteiger partial charge in [0.1, 0.15) is 11.5 Å². The predicted molar refractivity (Wildman–Crippen MR) is 65.0 cm³/mol. The van der Waals surface area contributed by atoms with Crippen LogP contribution in [0.2, 0.25) is 0 Å². The molecule has 0 spiro atoms. The van der Waals surface area contributed by atoms with E-state index in [1.807, 2.05) is 11.6 Å². The largest absolute Gasteiger partial charge is 0.383 e. The Hall–Kier alpha value is -1.77. The highest BCUT2D eigenvalue weighted by Crippen LogP contribution is 2.40. The number of hydrogen-bond acceptors (Lipinski definition) is 2. The van der Waals surface area contributed by atoms with Gasteiger partial charge in [-0.05, 0) is 24.3 Å². The zero-order valence-electron chi connectivity index (χ0n) is 9.35. The molecule has 3 nitrogen and oxygen atoms in total. The summed E-state index contributed by atoms with van der Waals surface area (Å²) in [5.74, 6) is 1.52. The molecule has 82 valence electrons. The molecule has 0 bridgehead atoms. The summed E-state index contributed by atoms with van der Waals surface area (Å²) in [7, 11) is 1.91. The number of nitrogen functional groups attached to an aromatic ring is 1. The number of imidazole rings is 1. The van der Waals surface area contributed by atoms with Gasteiger partial charge in [0.25, 0.3) is 0 Å². The van der Waals surface area contributed by atoms with Gasteiger partial charge >= 0.3 is 0 Å². The van der Waals surface area contributed by atoms with Gasteiger partial charge in [0.05, 0.1) is 6.33 Å². The second kappa shape index (κ2) is 3.37. The van der Waals surface area contributed by atoms with Crippen molar-refractivity contribution in [2.24, 2.45) is 7.05 Å². The van der Waals surface area contributed by atoms with Crippen molar-refractivity contribution >= 4 is 5.82 Å². The summed E-state index contributed by atoms with van der Waals surface area (Å²) in [5, 5.41) is 0. The maximum absolute atomic E-state index is 5.95. The quantitative estimate of drug-likeness (QED) is 0.833. The summed E-state index contributed by atoms with van der Waals surface area (Å²) in [5.41, 5.74) is 9.37. The van der Waals surface area contributed by atoms with Crippen LogP contribution in [0.3, 0.4) is 0 Å². The van der Waals surface area contributed by atoms with Crippen LogP contribution in [0.5, 0.6) is 0 Å². The summed E-state index contributed by atoms with van der Waals surface area (Å²) < 4.78 is 1.84. The van der Waals surface area contributed by atoms with E-state index in [1.54, 1.807) is 6.33 Å². The lowest BCUT2D eigenvalue weighted by Crippen LogP contribution is -1.95. The molecule has 0 amide bonds. The number of nitrogens with two attached hydrogens (primary N) is 1. The number of rotatable bonds is 2. The molecule has 0 atom stereocenters. The lowest BCUT2D eigenvalue weighted by Gasteiger charge is -2.02. The number of aryl methyl sites for hydroxylation is 1. The third kappa shape index (κ3) is 1.48. The predicted octanol–water partition coefficient (Wildman–Crippen LogP) is 2.55. The maximum Gasteiger partial charge on any atom is 0.131 e. The summed E-state index contributed by atoms with van der Waals surface area (Å²) in [6.45, 7) is 0. The molecule has 1 aliphatic carbocycles. The van der Waals surface area contributed by atoms with Crippen LogP contribution in [0.25, 0.3) is 11.3 Å². The van der Waals surface area contributed by atoms with E-state index in [0.717, 1.165) is 23.0 Å². The van der Waals surface area contributed by atoms with Gasteiger partial charge in [-0.2, -0.15) is 0 Å². The minimum absolute atomic E-state index is 0.721. The first-order valence-corrected chi connectivity index (χ1v) is 5.63. The second-order valence-corrected chi connectivity index (χ2v) is 4.49. The SMILES string of the molecule is Cn1cnc(-c2ccc(C3CC3)cc2)c1N. The molecule has 3 rings (SSSR count). The Kier molecular flexibility index (Phi) is 1.99. The summed E-state index contributed by atoms with van der Waals surface area (Å²) in [4.78, 5) is 4.31. The Morgan fingerprint density at radius 2 is 1.94 bits per heavy atom. The van der Waals surface area contributed by atoms with Crippen LogP contribution in [0, 0.1) is 0 Å². The Morgan fingerprint density at radius 3 is 2.44 bits per heavy atom. The fraction of sp³-hybridized carbons (Fsp3) is 0.308. The van der Waals surface area contributed by atoms with E-state index in [-0.39, 0.29) is 0 Å². The zero-order chi connectivity index (χ0) is 11.1. The molecule has 2 N–H and O–H groups in total. The third-order valence-electron chi connectivity index (χ3n) is 3.22. The van der Waals surface area contributed by atoms with Crippen molar-refractivity contribution in [3.8, 4) is 11.3 Å². The van der Waals surface area contributed by atoms with E-state index in [1.165, 1.54) is 18.4 Å². The van der Waals surface area contributed by atoms with Crippen LogP contribution in [-0.2, 0) is 7.05 Å². The average molecular weight is 213 g/mol. The monoisotopic (exact) mass is 213 g/mol. The lowest BCUT2D eigenvalue weighted by molar-refractivity contribution is 0.925. The van der Waals surface area contributed by atoms with Crippen molar-refractivity contribution in [2.75, 3.05) is 5.73 Å². The van der Waals surface area contributed by atoms with Crippen molar-refractivity contribution in [2.45, 2.75) is 18.8 Å². The van der Waals surface area contributed by atoms with Gasteiger partial charge < -0.3 is 10.3 Å². The molecule has 1 heterocycles. The van der Waals surface area contributed by atoms with Crippen molar-refractivity contribution < 1.29 is 0 Å². The molecule has 0 saturated heterocycles. The van der Waals surface area contributed by atoms with Gasteiger partial charge in [0.15, 0.2) is 0 Å². The van der Waals surface area contributed by atoms with Crippen LogP contribution in [0.4, 0.5) is 5.82 Å². The topological polar surface area (TPSA) is 43.8 Å². The summed E-state index contributed by atoms with van der Waals surface area (Å²) in [6.07, 6.45) is 4.43. The van der Waals surface area contributed by atoms with E-state index in [0.29, 0.717) is 0 Å². The van der Waals surface area contributed by atoms with Crippen LogP contribution in [0.15, 0.2) is 30.6 Å². The molecule has 1 aliphatic rings. The normalized spacial score (nSPS) is 15.3. The van der Waals surface area contributed by atoms with Gasteiger partial charge in [0, 0.05) is 12.6 Å². The number of benzene rings is 1. The standard InChI is InChI=1S/C13H15N3/c1-16-8-15-12(13(16)14)11-6-4-10(5-7-11)9-2-3-9/h4-9H,2-3,14H2,1H3. The minimum atomic E-state index is 0.721. The first kappa shape index (κ1) is 9.46. The third-order valence-corrected chi connectivity index (χ3v) is 3.22. The molecule has 0 aliphatic heterocycles. The van der Waals surface area contributed by atoms with E-state index >= 15 is 0 Å². The highest BCUT2D eigenvalue weighted by atomic mass is 15.1. The molecule has 1 aromatic carbocycles. The maximum atomic E-state index is 5.95. The molecule has 0 radical (unpaired) electrons. The molecule has 2 aromatic rings. The van der Waals surface area contributed by atoms with Gasteiger partial charge in [-0.3, -0.25) is 0 Å². The van der Waals surface area contributed by atoms with E-state index in [4.69, 9.17) is 5.73 Å². The second-order valence-electron chi connectivity index (χ2n) is 4.49. The molecule has 16 heavy (non-hydrogen) atoms. The minimum Gasteiger partial charge on any atom is -0.383 e.